The van der Waals surface area contributed by atoms with Gasteiger partial charge in [0.1, 0.15) is 5.82 Å². The molecule has 1 saturated heterocycles. The molecule has 0 unspecified atom stereocenters. The summed E-state index contributed by atoms with van der Waals surface area (Å²) in [4.78, 5) is 11.7. The number of thiophene rings is 1. The minimum atomic E-state index is -0.327. The van der Waals surface area contributed by atoms with Crippen LogP contribution in [0.1, 0.15) is 39.4 Å². The Morgan fingerprint density at radius 1 is 1.17 bits per heavy atom. The summed E-state index contributed by atoms with van der Waals surface area (Å²) in [6.07, 6.45) is 4.06. The molecule has 3 aromatic heterocycles. The molecule has 2 atom stereocenters. The molecule has 8 heteroatoms. The quantitative estimate of drug-likeness (QED) is 0.696. The third kappa shape index (κ3) is 3.98. The molecule has 0 amide bonds. The van der Waals surface area contributed by atoms with Gasteiger partial charge < -0.3 is 9.67 Å². The van der Waals surface area contributed by atoms with Crippen LogP contribution < -0.4 is 0 Å². The lowest BCUT2D eigenvalue weighted by Crippen LogP contribution is -2.35. The van der Waals surface area contributed by atoms with Crippen molar-refractivity contribution in [3.05, 3.63) is 63.6 Å². The lowest BCUT2D eigenvalue weighted by atomic mass is 10.1. The van der Waals surface area contributed by atoms with E-state index in [-0.39, 0.29) is 12.1 Å². The maximum atomic E-state index is 10.3. The molecule has 5 heterocycles. The standard InChI is InChI=1S/C21H26N6OS/c1-15-4-5-18(29-15)13-25-7-8-27-20(14-25)23-24-21(27)19-9-17(28)12-26(19)11-16-3-2-6-22-10-16/h2-6,10,17,19,28H,7-9,11-14H2,1H3/t17-,19+/m1/s1. The van der Waals surface area contributed by atoms with Gasteiger partial charge >= 0.3 is 0 Å². The first-order valence-electron chi connectivity index (χ1n) is 10.2. The summed E-state index contributed by atoms with van der Waals surface area (Å²) in [5, 5.41) is 19.4. The van der Waals surface area contributed by atoms with E-state index in [0.717, 1.165) is 49.9 Å². The first-order chi connectivity index (χ1) is 14.2. The molecule has 0 bridgehead atoms. The van der Waals surface area contributed by atoms with Crippen molar-refractivity contribution in [1.29, 1.82) is 0 Å². The van der Waals surface area contributed by atoms with Gasteiger partial charge in [-0.1, -0.05) is 6.07 Å². The van der Waals surface area contributed by atoms with Gasteiger partial charge in [0.05, 0.1) is 18.7 Å². The molecule has 7 nitrogen and oxygen atoms in total. The van der Waals surface area contributed by atoms with E-state index >= 15 is 0 Å². The molecule has 0 aromatic carbocycles. The van der Waals surface area contributed by atoms with E-state index < -0.39 is 0 Å². The van der Waals surface area contributed by atoms with Crippen LogP contribution in [0.15, 0.2) is 36.7 Å². The van der Waals surface area contributed by atoms with Gasteiger partial charge in [0, 0.05) is 54.9 Å². The van der Waals surface area contributed by atoms with E-state index in [4.69, 9.17) is 0 Å². The molecule has 152 valence electrons. The Balaban J connectivity index is 1.32. The van der Waals surface area contributed by atoms with E-state index in [0.29, 0.717) is 13.0 Å². The highest BCUT2D eigenvalue weighted by Crippen LogP contribution is 2.33. The molecule has 5 rings (SSSR count). The Kier molecular flexibility index (Phi) is 5.17. The summed E-state index contributed by atoms with van der Waals surface area (Å²) in [5.74, 6) is 2.02. The first kappa shape index (κ1) is 18.9. The van der Waals surface area contributed by atoms with Gasteiger partial charge in [-0.05, 0) is 37.1 Å². The summed E-state index contributed by atoms with van der Waals surface area (Å²) in [5.41, 5.74) is 1.15. The molecule has 0 aliphatic carbocycles. The Hall–Kier alpha value is -2.13. The van der Waals surface area contributed by atoms with Crippen molar-refractivity contribution in [2.75, 3.05) is 13.1 Å². The minimum Gasteiger partial charge on any atom is -0.392 e. The summed E-state index contributed by atoms with van der Waals surface area (Å²) >= 11 is 1.87. The molecule has 3 aromatic rings. The molecule has 2 aliphatic heterocycles. The van der Waals surface area contributed by atoms with Crippen LogP contribution >= 0.6 is 11.3 Å². The van der Waals surface area contributed by atoms with Crippen LogP contribution in [0.5, 0.6) is 0 Å². The van der Waals surface area contributed by atoms with Crippen molar-refractivity contribution in [1.82, 2.24) is 29.5 Å². The highest BCUT2D eigenvalue weighted by atomic mass is 32.1. The van der Waals surface area contributed by atoms with E-state index in [1.807, 2.05) is 23.6 Å². The Labute approximate surface area is 174 Å². The number of pyridine rings is 1. The third-order valence-electron chi connectivity index (χ3n) is 5.82. The number of fused-ring (bicyclic) bond motifs is 1. The van der Waals surface area contributed by atoms with Gasteiger partial charge in [0.2, 0.25) is 0 Å². The second-order valence-corrected chi connectivity index (χ2v) is 9.42. The SMILES string of the molecule is Cc1ccc(CN2CCn3c(nnc3[C@@H]3C[C@@H](O)CN3Cc3cccnc3)C2)s1. The summed E-state index contributed by atoms with van der Waals surface area (Å²) in [7, 11) is 0. The van der Waals surface area contributed by atoms with Gasteiger partial charge in [-0.2, -0.15) is 0 Å². The van der Waals surface area contributed by atoms with Crippen LogP contribution in [0.4, 0.5) is 0 Å². The molecule has 0 saturated carbocycles. The van der Waals surface area contributed by atoms with Gasteiger partial charge in [-0.25, -0.2) is 0 Å². The van der Waals surface area contributed by atoms with E-state index in [1.165, 1.54) is 9.75 Å². The number of aryl methyl sites for hydroxylation is 1. The van der Waals surface area contributed by atoms with Crippen LogP contribution in [-0.4, -0.2) is 53.8 Å². The van der Waals surface area contributed by atoms with Gasteiger partial charge in [-0.15, -0.1) is 21.5 Å². The number of rotatable bonds is 5. The molecule has 1 fully saturated rings. The predicted molar refractivity (Wildman–Crippen MR) is 111 cm³/mol. The molecular formula is C21H26N6OS. The van der Waals surface area contributed by atoms with E-state index in [9.17, 15) is 5.11 Å². The van der Waals surface area contributed by atoms with Crippen molar-refractivity contribution in [2.24, 2.45) is 0 Å². The average molecular weight is 411 g/mol. The van der Waals surface area contributed by atoms with Crippen LogP contribution in [0.25, 0.3) is 0 Å². The van der Waals surface area contributed by atoms with Crippen LogP contribution in [0, 0.1) is 6.92 Å². The fourth-order valence-electron chi connectivity index (χ4n) is 4.45. The van der Waals surface area contributed by atoms with Crippen molar-refractivity contribution < 1.29 is 5.11 Å². The normalized spacial score (nSPS) is 22.8. The predicted octanol–water partition coefficient (Wildman–Crippen LogP) is 2.37. The zero-order valence-electron chi connectivity index (χ0n) is 16.6. The number of aromatic nitrogens is 4. The number of nitrogens with zero attached hydrogens (tertiary/aromatic N) is 6. The lowest BCUT2D eigenvalue weighted by molar-refractivity contribution is 0.171. The Morgan fingerprint density at radius 3 is 2.90 bits per heavy atom. The highest BCUT2D eigenvalue weighted by molar-refractivity contribution is 7.11. The maximum Gasteiger partial charge on any atom is 0.150 e. The smallest absolute Gasteiger partial charge is 0.150 e. The van der Waals surface area contributed by atoms with Gasteiger partial charge in [0.15, 0.2) is 5.82 Å². The third-order valence-corrected chi connectivity index (χ3v) is 6.81. The fourth-order valence-corrected chi connectivity index (χ4v) is 5.38. The zero-order chi connectivity index (χ0) is 19.8. The van der Waals surface area contributed by atoms with Crippen LogP contribution in [0.2, 0.25) is 0 Å². The summed E-state index contributed by atoms with van der Waals surface area (Å²) in [6.45, 7) is 7.26. The minimum absolute atomic E-state index is 0.0953. The number of β-amino-alcohol motifs (C(OH)–C–C–N with tert-alkyl or cyclic N) is 1. The monoisotopic (exact) mass is 410 g/mol. The largest absolute Gasteiger partial charge is 0.392 e. The molecule has 0 radical (unpaired) electrons. The molecule has 0 spiro atoms. The van der Waals surface area contributed by atoms with Crippen molar-refractivity contribution in [2.45, 2.75) is 51.7 Å². The zero-order valence-corrected chi connectivity index (χ0v) is 17.4. The van der Waals surface area contributed by atoms with Crippen molar-refractivity contribution in [3.63, 3.8) is 0 Å². The Bertz CT molecular complexity index is 971. The molecule has 2 aliphatic rings. The number of aliphatic hydroxyl groups is 1. The number of hydrogen-bond donors (Lipinski definition) is 1. The fraction of sp³-hybridized carbons (Fsp3) is 0.476. The number of likely N-dealkylation sites (tertiary alicyclic amines) is 1. The molecule has 29 heavy (non-hydrogen) atoms. The van der Waals surface area contributed by atoms with Crippen molar-refractivity contribution >= 4 is 11.3 Å². The Morgan fingerprint density at radius 2 is 2.10 bits per heavy atom. The lowest BCUT2D eigenvalue weighted by Gasteiger charge is -2.29. The summed E-state index contributed by atoms with van der Waals surface area (Å²) < 4.78 is 2.27. The van der Waals surface area contributed by atoms with Crippen molar-refractivity contribution in [3.8, 4) is 0 Å². The number of hydrogen-bond acceptors (Lipinski definition) is 7. The second kappa shape index (κ2) is 7.95. The first-order valence-corrected chi connectivity index (χ1v) is 11.0. The molecule has 1 N–H and O–H groups in total. The average Bonchev–Trinajstić information content (AvgIpc) is 3.41. The second-order valence-electron chi connectivity index (χ2n) is 8.05. The maximum absolute atomic E-state index is 10.3. The van der Waals surface area contributed by atoms with E-state index in [2.05, 4.69) is 54.7 Å². The van der Waals surface area contributed by atoms with Crippen LogP contribution in [-0.2, 0) is 26.2 Å². The topological polar surface area (TPSA) is 70.3 Å². The highest BCUT2D eigenvalue weighted by Gasteiger charge is 2.36. The summed E-state index contributed by atoms with van der Waals surface area (Å²) in [6, 6.07) is 8.55. The van der Waals surface area contributed by atoms with Crippen LogP contribution in [0.3, 0.4) is 0 Å². The van der Waals surface area contributed by atoms with E-state index in [1.54, 1.807) is 6.20 Å². The van der Waals surface area contributed by atoms with Gasteiger partial charge in [-0.3, -0.25) is 14.8 Å². The molecular weight excluding hydrogens is 384 g/mol. The van der Waals surface area contributed by atoms with Gasteiger partial charge in [0.25, 0.3) is 0 Å². The number of aliphatic hydroxyl groups excluding tert-OH is 1.